The Hall–Kier alpha value is -1.32. The molecule has 4 heteroatoms. The highest BCUT2D eigenvalue weighted by Gasteiger charge is 1.95. The predicted octanol–water partition coefficient (Wildman–Crippen LogP) is 0.900. The van der Waals surface area contributed by atoms with E-state index in [1.54, 1.807) is 13.1 Å². The van der Waals surface area contributed by atoms with Crippen molar-refractivity contribution in [1.29, 1.82) is 0 Å². The second-order valence-electron chi connectivity index (χ2n) is 2.67. The molecule has 2 N–H and O–H groups in total. The highest BCUT2D eigenvalue weighted by molar-refractivity contribution is 5.23. The summed E-state index contributed by atoms with van der Waals surface area (Å²) in [6.07, 6.45) is 2.58. The Morgan fingerprint density at radius 1 is 1.67 bits per heavy atom. The first-order valence-corrected chi connectivity index (χ1v) is 4.04. The Morgan fingerprint density at radius 3 is 3.00 bits per heavy atom. The number of nitrogens with zero attached hydrogens (tertiary/aromatic N) is 1. The van der Waals surface area contributed by atoms with Crippen LogP contribution >= 0.6 is 0 Å². The number of hydrogen-bond acceptors (Lipinski definition) is 3. The Morgan fingerprint density at radius 2 is 2.42 bits per heavy atom. The Bertz CT molecular complexity index is 305. The zero-order valence-corrected chi connectivity index (χ0v) is 7.35. The number of hydrogen-bond donors (Lipinski definition) is 2. The molecular formula is C8H13N3O. The SMILES string of the molecule is CCCNc1ncc(C)c(=O)[nH]1. The molecular weight excluding hydrogens is 154 g/mol. The molecule has 0 saturated carbocycles. The van der Waals surface area contributed by atoms with Crippen LogP contribution in [0.2, 0.25) is 0 Å². The molecule has 1 aromatic heterocycles. The van der Waals surface area contributed by atoms with Gasteiger partial charge in [-0.15, -0.1) is 0 Å². The first-order chi connectivity index (χ1) is 5.74. The monoisotopic (exact) mass is 167 g/mol. The quantitative estimate of drug-likeness (QED) is 0.703. The standard InChI is InChI=1S/C8H13N3O/c1-3-4-9-8-10-5-6(2)7(12)11-8/h5H,3-4H2,1-2H3,(H2,9,10,11,12). The van der Waals surface area contributed by atoms with Crippen molar-refractivity contribution in [3.8, 4) is 0 Å². The van der Waals surface area contributed by atoms with Crippen molar-refractivity contribution < 1.29 is 0 Å². The normalized spacial score (nSPS) is 9.83. The summed E-state index contributed by atoms with van der Waals surface area (Å²) in [5.41, 5.74) is 0.556. The molecule has 1 rings (SSSR count). The molecule has 0 aliphatic rings. The minimum atomic E-state index is -0.0800. The van der Waals surface area contributed by atoms with Gasteiger partial charge in [-0.25, -0.2) is 4.98 Å². The van der Waals surface area contributed by atoms with Crippen LogP contribution in [0, 0.1) is 6.92 Å². The third-order valence-corrected chi connectivity index (χ3v) is 1.52. The molecule has 0 unspecified atom stereocenters. The fraction of sp³-hybridized carbons (Fsp3) is 0.500. The molecule has 1 aromatic rings. The van der Waals surface area contributed by atoms with Crippen LogP contribution in [-0.4, -0.2) is 16.5 Å². The summed E-state index contributed by atoms with van der Waals surface area (Å²) >= 11 is 0. The van der Waals surface area contributed by atoms with Crippen LogP contribution in [0.25, 0.3) is 0 Å². The second kappa shape index (κ2) is 3.90. The lowest BCUT2D eigenvalue weighted by atomic mass is 10.4. The third-order valence-electron chi connectivity index (χ3n) is 1.52. The average molecular weight is 167 g/mol. The maximum absolute atomic E-state index is 11.1. The molecule has 0 bridgehead atoms. The van der Waals surface area contributed by atoms with Gasteiger partial charge in [-0.3, -0.25) is 9.78 Å². The van der Waals surface area contributed by atoms with Crippen LogP contribution in [0.15, 0.2) is 11.0 Å². The van der Waals surface area contributed by atoms with E-state index in [1.807, 2.05) is 0 Å². The minimum Gasteiger partial charge on any atom is -0.356 e. The fourth-order valence-corrected chi connectivity index (χ4v) is 0.792. The van der Waals surface area contributed by atoms with Crippen molar-refractivity contribution >= 4 is 5.95 Å². The highest BCUT2D eigenvalue weighted by Crippen LogP contribution is 1.93. The van der Waals surface area contributed by atoms with E-state index >= 15 is 0 Å². The summed E-state index contributed by atoms with van der Waals surface area (Å²) in [5, 5.41) is 3.00. The highest BCUT2D eigenvalue weighted by atomic mass is 16.1. The van der Waals surface area contributed by atoms with Gasteiger partial charge in [-0.2, -0.15) is 0 Å². The van der Waals surface area contributed by atoms with Gasteiger partial charge in [0.25, 0.3) is 5.56 Å². The van der Waals surface area contributed by atoms with Crippen LogP contribution < -0.4 is 10.9 Å². The molecule has 0 spiro atoms. The van der Waals surface area contributed by atoms with E-state index in [4.69, 9.17) is 0 Å². The van der Waals surface area contributed by atoms with Gasteiger partial charge in [0, 0.05) is 18.3 Å². The number of rotatable bonds is 3. The first kappa shape index (κ1) is 8.77. The van der Waals surface area contributed by atoms with Gasteiger partial charge in [-0.05, 0) is 13.3 Å². The van der Waals surface area contributed by atoms with Crippen molar-refractivity contribution in [2.75, 3.05) is 11.9 Å². The van der Waals surface area contributed by atoms with E-state index in [2.05, 4.69) is 22.2 Å². The summed E-state index contributed by atoms with van der Waals surface area (Å²) in [7, 11) is 0. The van der Waals surface area contributed by atoms with Crippen molar-refractivity contribution in [3.63, 3.8) is 0 Å². The van der Waals surface area contributed by atoms with Crippen molar-refractivity contribution in [3.05, 3.63) is 22.1 Å². The molecule has 0 aliphatic heterocycles. The van der Waals surface area contributed by atoms with E-state index < -0.39 is 0 Å². The Labute approximate surface area is 71.0 Å². The maximum Gasteiger partial charge on any atom is 0.255 e. The minimum absolute atomic E-state index is 0.0800. The van der Waals surface area contributed by atoms with Gasteiger partial charge in [0.2, 0.25) is 5.95 Å². The smallest absolute Gasteiger partial charge is 0.255 e. The Balaban J connectivity index is 2.76. The largest absolute Gasteiger partial charge is 0.356 e. The number of aromatic amines is 1. The van der Waals surface area contributed by atoms with E-state index in [9.17, 15) is 4.79 Å². The molecule has 0 aromatic carbocycles. The molecule has 1 heterocycles. The summed E-state index contributed by atoms with van der Waals surface area (Å²) in [6.45, 7) is 4.61. The average Bonchev–Trinajstić information content (AvgIpc) is 2.07. The summed E-state index contributed by atoms with van der Waals surface area (Å²) in [6, 6.07) is 0. The summed E-state index contributed by atoms with van der Waals surface area (Å²) < 4.78 is 0. The van der Waals surface area contributed by atoms with E-state index in [-0.39, 0.29) is 5.56 Å². The van der Waals surface area contributed by atoms with Crippen LogP contribution in [0.1, 0.15) is 18.9 Å². The van der Waals surface area contributed by atoms with Crippen molar-refractivity contribution in [1.82, 2.24) is 9.97 Å². The van der Waals surface area contributed by atoms with Crippen LogP contribution in [-0.2, 0) is 0 Å². The van der Waals surface area contributed by atoms with Crippen molar-refractivity contribution in [2.45, 2.75) is 20.3 Å². The van der Waals surface area contributed by atoms with E-state index in [0.717, 1.165) is 13.0 Å². The van der Waals surface area contributed by atoms with Gasteiger partial charge in [0.15, 0.2) is 0 Å². The number of aromatic nitrogens is 2. The lowest BCUT2D eigenvalue weighted by Crippen LogP contribution is -2.14. The number of aryl methyl sites for hydroxylation is 1. The van der Waals surface area contributed by atoms with Gasteiger partial charge in [-0.1, -0.05) is 6.92 Å². The molecule has 0 radical (unpaired) electrons. The number of nitrogens with one attached hydrogen (secondary N) is 2. The Kier molecular flexibility index (Phi) is 2.85. The molecule has 12 heavy (non-hydrogen) atoms. The van der Waals surface area contributed by atoms with E-state index in [0.29, 0.717) is 11.5 Å². The fourth-order valence-electron chi connectivity index (χ4n) is 0.792. The number of H-pyrrole nitrogens is 1. The molecule has 0 amide bonds. The maximum atomic E-state index is 11.1. The van der Waals surface area contributed by atoms with Crippen LogP contribution in [0.3, 0.4) is 0 Å². The zero-order chi connectivity index (χ0) is 8.97. The lowest BCUT2D eigenvalue weighted by Gasteiger charge is -2.01. The zero-order valence-electron chi connectivity index (χ0n) is 7.35. The molecule has 0 fully saturated rings. The summed E-state index contributed by atoms with van der Waals surface area (Å²) in [4.78, 5) is 17.7. The van der Waals surface area contributed by atoms with E-state index in [1.165, 1.54) is 0 Å². The predicted molar refractivity (Wildman–Crippen MR) is 48.4 cm³/mol. The van der Waals surface area contributed by atoms with Crippen LogP contribution in [0.4, 0.5) is 5.95 Å². The summed E-state index contributed by atoms with van der Waals surface area (Å²) in [5.74, 6) is 0.549. The van der Waals surface area contributed by atoms with Gasteiger partial charge >= 0.3 is 0 Å². The lowest BCUT2D eigenvalue weighted by molar-refractivity contribution is 0.942. The van der Waals surface area contributed by atoms with Crippen molar-refractivity contribution in [2.24, 2.45) is 0 Å². The molecule has 0 aliphatic carbocycles. The molecule has 0 saturated heterocycles. The molecule has 4 nitrogen and oxygen atoms in total. The first-order valence-electron chi connectivity index (χ1n) is 4.04. The second-order valence-corrected chi connectivity index (χ2v) is 2.67. The third kappa shape index (κ3) is 2.08. The van der Waals surface area contributed by atoms with Gasteiger partial charge in [0.1, 0.15) is 0 Å². The molecule has 0 atom stereocenters. The van der Waals surface area contributed by atoms with Crippen LogP contribution in [0.5, 0.6) is 0 Å². The number of anilines is 1. The van der Waals surface area contributed by atoms with Gasteiger partial charge in [0.05, 0.1) is 0 Å². The van der Waals surface area contributed by atoms with Gasteiger partial charge < -0.3 is 5.32 Å². The molecule has 66 valence electrons. The topological polar surface area (TPSA) is 57.8 Å².